The number of fused-ring (bicyclic) bond motifs is 3. The Balaban J connectivity index is 1.34. The summed E-state index contributed by atoms with van der Waals surface area (Å²) in [6, 6.07) is 27.4. The number of anilines is 2. The molecule has 0 atom stereocenters. The maximum atomic E-state index is 12.8. The number of hydrogen-bond acceptors (Lipinski definition) is 4. The van der Waals surface area contributed by atoms with Crippen LogP contribution in [0.25, 0.3) is 21.9 Å². The van der Waals surface area contributed by atoms with Gasteiger partial charge >= 0.3 is 0 Å². The molecule has 0 saturated carbocycles. The lowest BCUT2D eigenvalue weighted by Crippen LogP contribution is -2.29. The van der Waals surface area contributed by atoms with Crippen LogP contribution in [0, 0.1) is 0 Å². The second kappa shape index (κ2) is 9.20. The van der Waals surface area contributed by atoms with Gasteiger partial charge in [-0.3, -0.25) is 9.10 Å². The zero-order valence-corrected chi connectivity index (χ0v) is 21.1. The first kappa shape index (κ1) is 23.1. The maximum Gasteiger partial charge on any atom is 0.255 e. The molecule has 5 rings (SSSR count). The highest BCUT2D eigenvalue weighted by Gasteiger charge is 2.20. The van der Waals surface area contributed by atoms with Gasteiger partial charge in [-0.1, -0.05) is 42.5 Å². The van der Waals surface area contributed by atoms with Crippen LogP contribution in [-0.4, -0.2) is 20.6 Å². The van der Waals surface area contributed by atoms with E-state index in [2.05, 4.69) is 21.2 Å². The SMILES string of the molecule is CS(=O)(=O)N(Cc1ccc(C(=O)Nc2ccc3c(c2)oc2ccccc23)cc1)c1ccccc1Br. The predicted molar refractivity (Wildman–Crippen MR) is 143 cm³/mol. The molecule has 0 aliphatic heterocycles. The highest BCUT2D eigenvalue weighted by molar-refractivity contribution is 9.10. The number of furan rings is 1. The molecule has 5 aromatic rings. The molecule has 1 amide bonds. The summed E-state index contributed by atoms with van der Waals surface area (Å²) in [4.78, 5) is 12.8. The van der Waals surface area contributed by atoms with Crippen LogP contribution in [0.2, 0.25) is 0 Å². The van der Waals surface area contributed by atoms with Crippen molar-refractivity contribution in [2.75, 3.05) is 15.9 Å². The van der Waals surface area contributed by atoms with Gasteiger partial charge in [-0.15, -0.1) is 0 Å². The predicted octanol–water partition coefficient (Wildman–Crippen LogP) is 6.57. The minimum atomic E-state index is -3.52. The van der Waals surface area contributed by atoms with Crippen molar-refractivity contribution >= 4 is 65.2 Å². The largest absolute Gasteiger partial charge is 0.456 e. The van der Waals surface area contributed by atoms with E-state index in [0.29, 0.717) is 27.0 Å². The second-order valence-electron chi connectivity index (χ2n) is 8.18. The molecule has 0 fully saturated rings. The third-order valence-corrected chi connectivity index (χ3v) is 7.50. The molecule has 0 aliphatic rings. The molecular weight excluding hydrogens is 528 g/mol. The number of para-hydroxylation sites is 2. The number of sulfonamides is 1. The molecule has 176 valence electrons. The highest BCUT2D eigenvalue weighted by Crippen LogP contribution is 2.31. The molecule has 8 heteroatoms. The van der Waals surface area contributed by atoms with Gasteiger partial charge in [-0.2, -0.15) is 0 Å². The van der Waals surface area contributed by atoms with Gasteiger partial charge in [0.25, 0.3) is 5.91 Å². The molecule has 0 bridgehead atoms. The number of hydrogen-bond donors (Lipinski definition) is 1. The number of rotatable bonds is 6. The number of halogens is 1. The molecule has 0 unspecified atom stereocenters. The smallest absolute Gasteiger partial charge is 0.255 e. The van der Waals surface area contributed by atoms with Crippen molar-refractivity contribution in [3.63, 3.8) is 0 Å². The summed E-state index contributed by atoms with van der Waals surface area (Å²) in [5, 5.41) is 4.92. The summed E-state index contributed by atoms with van der Waals surface area (Å²) >= 11 is 3.42. The van der Waals surface area contributed by atoms with Crippen molar-refractivity contribution < 1.29 is 17.6 Å². The zero-order chi connectivity index (χ0) is 24.6. The normalized spacial score (nSPS) is 11.6. The second-order valence-corrected chi connectivity index (χ2v) is 10.9. The van der Waals surface area contributed by atoms with E-state index in [-0.39, 0.29) is 12.5 Å². The first-order valence-electron chi connectivity index (χ1n) is 10.8. The number of carbonyl (C=O) groups is 1. The molecule has 1 aromatic heterocycles. The van der Waals surface area contributed by atoms with Crippen LogP contribution < -0.4 is 9.62 Å². The third kappa shape index (κ3) is 4.80. The summed E-state index contributed by atoms with van der Waals surface area (Å²) in [6.45, 7) is 0.145. The minimum Gasteiger partial charge on any atom is -0.456 e. The standard InChI is InChI=1S/C27H21BrN2O4S/c1-35(32,33)30(24-8-4-3-7-23(24)28)17-18-10-12-19(13-11-18)27(31)29-20-14-15-22-21-6-2-5-9-25(21)34-26(22)16-20/h2-16H,17H2,1H3,(H,29,31). The topological polar surface area (TPSA) is 79.6 Å². The number of amides is 1. The zero-order valence-electron chi connectivity index (χ0n) is 18.7. The lowest BCUT2D eigenvalue weighted by atomic mass is 10.1. The van der Waals surface area contributed by atoms with Crippen molar-refractivity contribution in [3.05, 3.63) is 107 Å². The van der Waals surface area contributed by atoms with E-state index in [1.165, 1.54) is 10.6 Å². The summed E-state index contributed by atoms with van der Waals surface area (Å²) in [5.74, 6) is -0.266. The van der Waals surface area contributed by atoms with Gasteiger partial charge in [0.2, 0.25) is 10.0 Å². The van der Waals surface area contributed by atoms with Crippen LogP contribution in [0.4, 0.5) is 11.4 Å². The number of nitrogens with zero attached hydrogens (tertiary/aromatic N) is 1. The van der Waals surface area contributed by atoms with Crippen molar-refractivity contribution in [2.24, 2.45) is 0 Å². The van der Waals surface area contributed by atoms with Gasteiger partial charge in [-0.25, -0.2) is 8.42 Å². The molecule has 6 nitrogen and oxygen atoms in total. The van der Waals surface area contributed by atoms with E-state index in [1.807, 2.05) is 48.5 Å². The monoisotopic (exact) mass is 548 g/mol. The Morgan fingerprint density at radius 3 is 2.31 bits per heavy atom. The Morgan fingerprint density at radius 1 is 0.886 bits per heavy atom. The van der Waals surface area contributed by atoms with Crippen molar-refractivity contribution in [1.82, 2.24) is 0 Å². The van der Waals surface area contributed by atoms with E-state index in [9.17, 15) is 13.2 Å². The van der Waals surface area contributed by atoms with E-state index < -0.39 is 10.0 Å². The Labute approximate surface area is 211 Å². The summed E-state index contributed by atoms with van der Waals surface area (Å²) < 4.78 is 32.8. The highest BCUT2D eigenvalue weighted by atomic mass is 79.9. The van der Waals surface area contributed by atoms with E-state index >= 15 is 0 Å². The van der Waals surface area contributed by atoms with E-state index in [0.717, 1.165) is 21.9 Å². The molecule has 0 radical (unpaired) electrons. The molecule has 35 heavy (non-hydrogen) atoms. The fraction of sp³-hybridized carbons (Fsp3) is 0.0741. The Morgan fingerprint density at radius 2 is 1.57 bits per heavy atom. The van der Waals surface area contributed by atoms with Crippen LogP contribution in [-0.2, 0) is 16.6 Å². The van der Waals surface area contributed by atoms with Gasteiger partial charge in [0.15, 0.2) is 0 Å². The van der Waals surface area contributed by atoms with Crippen LogP contribution in [0.15, 0.2) is 99.9 Å². The van der Waals surface area contributed by atoms with Gasteiger partial charge < -0.3 is 9.73 Å². The number of nitrogens with one attached hydrogen (secondary N) is 1. The van der Waals surface area contributed by atoms with Gasteiger partial charge in [0.05, 0.1) is 18.5 Å². The fourth-order valence-corrected chi connectivity index (χ4v) is 5.49. The third-order valence-electron chi connectivity index (χ3n) is 5.70. The van der Waals surface area contributed by atoms with Crippen LogP contribution in [0.5, 0.6) is 0 Å². The molecule has 0 spiro atoms. The molecule has 0 saturated heterocycles. The van der Waals surface area contributed by atoms with E-state index in [1.54, 1.807) is 42.5 Å². The summed E-state index contributed by atoms with van der Waals surface area (Å²) in [6.07, 6.45) is 1.17. The van der Waals surface area contributed by atoms with Crippen LogP contribution >= 0.6 is 15.9 Å². The number of carbonyl (C=O) groups excluding carboxylic acids is 1. The molecule has 4 aromatic carbocycles. The van der Waals surface area contributed by atoms with Crippen LogP contribution in [0.3, 0.4) is 0 Å². The summed E-state index contributed by atoms with van der Waals surface area (Å²) in [5.41, 5.74) is 3.90. The average molecular weight is 549 g/mol. The molecule has 1 heterocycles. The van der Waals surface area contributed by atoms with Gasteiger partial charge in [-0.05, 0) is 64.0 Å². The first-order chi connectivity index (χ1) is 16.8. The fourth-order valence-electron chi connectivity index (χ4n) is 3.97. The summed E-state index contributed by atoms with van der Waals surface area (Å²) in [7, 11) is -3.52. The number of benzene rings is 4. The average Bonchev–Trinajstić information content (AvgIpc) is 3.20. The van der Waals surface area contributed by atoms with Gasteiger partial charge in [0, 0.05) is 32.6 Å². The van der Waals surface area contributed by atoms with Crippen molar-refractivity contribution in [2.45, 2.75) is 6.54 Å². The Hall–Kier alpha value is -3.62. The van der Waals surface area contributed by atoms with Crippen molar-refractivity contribution in [3.8, 4) is 0 Å². The minimum absolute atomic E-state index is 0.145. The van der Waals surface area contributed by atoms with Crippen LogP contribution in [0.1, 0.15) is 15.9 Å². The first-order valence-corrected chi connectivity index (χ1v) is 13.5. The Bertz CT molecular complexity index is 1660. The Kier molecular flexibility index (Phi) is 6.08. The molecule has 0 aliphatic carbocycles. The van der Waals surface area contributed by atoms with Crippen molar-refractivity contribution in [1.29, 1.82) is 0 Å². The molecular formula is C27H21BrN2O4S. The lowest BCUT2D eigenvalue weighted by Gasteiger charge is -2.23. The molecule has 1 N–H and O–H groups in total. The quantitative estimate of drug-likeness (QED) is 0.260. The van der Waals surface area contributed by atoms with Gasteiger partial charge in [0.1, 0.15) is 11.2 Å². The maximum absolute atomic E-state index is 12.8. The lowest BCUT2D eigenvalue weighted by molar-refractivity contribution is 0.102. The van der Waals surface area contributed by atoms with E-state index in [4.69, 9.17) is 4.42 Å².